The molecule has 2 amide bonds. The lowest BCUT2D eigenvalue weighted by molar-refractivity contribution is 0.262. The van der Waals surface area contributed by atoms with Crippen LogP contribution in [0.1, 0.15) is 0 Å². The molecule has 0 unspecified atom stereocenters. The van der Waals surface area contributed by atoms with E-state index >= 15 is 0 Å². The van der Waals surface area contributed by atoms with Crippen molar-refractivity contribution in [1.29, 1.82) is 0 Å². The monoisotopic (exact) mass is 503 g/mol. The highest BCUT2D eigenvalue weighted by Gasteiger charge is 2.19. The van der Waals surface area contributed by atoms with Crippen LogP contribution in [0.4, 0.5) is 29.3 Å². The number of benzene rings is 3. The van der Waals surface area contributed by atoms with Crippen molar-refractivity contribution in [3.05, 3.63) is 77.2 Å². The quantitative estimate of drug-likeness (QED) is 0.304. The van der Waals surface area contributed by atoms with Gasteiger partial charge in [0.2, 0.25) is 0 Å². The largest absolute Gasteiger partial charge is 0.495 e. The summed E-state index contributed by atoms with van der Waals surface area (Å²) in [6.07, 6.45) is 1.50. The minimum Gasteiger partial charge on any atom is -0.495 e. The number of carbonyl (C=O) groups is 1. The maximum Gasteiger partial charge on any atom is 0.323 e. The maximum atomic E-state index is 14.7. The minimum atomic E-state index is -0.970. The summed E-state index contributed by atoms with van der Waals surface area (Å²) < 4.78 is 57.9. The second kappa shape index (κ2) is 9.98. The zero-order valence-corrected chi connectivity index (χ0v) is 19.0. The molecule has 0 saturated carbocycles. The smallest absolute Gasteiger partial charge is 0.323 e. The second-order valence-corrected chi connectivity index (χ2v) is 7.45. The molecule has 7 nitrogen and oxygen atoms in total. The Morgan fingerprint density at radius 1 is 0.886 bits per heavy atom. The number of fused-ring (bicyclic) bond motifs is 1. The number of ether oxygens (including phenoxy) is 3. The fourth-order valence-electron chi connectivity index (χ4n) is 3.29. The average molecular weight is 504 g/mol. The molecule has 0 atom stereocenters. The van der Waals surface area contributed by atoms with Gasteiger partial charge in [0, 0.05) is 24.4 Å². The van der Waals surface area contributed by atoms with Gasteiger partial charge < -0.3 is 24.8 Å². The van der Waals surface area contributed by atoms with Gasteiger partial charge in [-0.3, -0.25) is 4.98 Å². The molecule has 4 rings (SSSR count). The van der Waals surface area contributed by atoms with E-state index in [-0.39, 0.29) is 27.9 Å². The van der Waals surface area contributed by atoms with Gasteiger partial charge in [-0.2, -0.15) is 0 Å². The Kier molecular flexibility index (Phi) is 6.83. The Labute approximate surface area is 202 Å². The van der Waals surface area contributed by atoms with Gasteiger partial charge in [-0.05, 0) is 30.3 Å². The highest BCUT2D eigenvalue weighted by molar-refractivity contribution is 6.35. The molecule has 0 bridgehead atoms. The van der Waals surface area contributed by atoms with Gasteiger partial charge in [0.1, 0.15) is 39.7 Å². The van der Waals surface area contributed by atoms with Crippen molar-refractivity contribution in [2.75, 3.05) is 24.9 Å². The predicted molar refractivity (Wildman–Crippen MR) is 125 cm³/mol. The number of nitrogens with one attached hydrogen (secondary N) is 2. The normalized spacial score (nSPS) is 10.7. The van der Waals surface area contributed by atoms with Crippen molar-refractivity contribution in [3.63, 3.8) is 0 Å². The summed E-state index contributed by atoms with van der Waals surface area (Å²) in [5, 5.41) is 5.10. The first kappa shape index (κ1) is 24.0. The number of rotatable bonds is 6. The summed E-state index contributed by atoms with van der Waals surface area (Å²) in [4.78, 5) is 16.4. The second-order valence-electron chi connectivity index (χ2n) is 7.08. The zero-order chi connectivity index (χ0) is 25.1. The number of methoxy groups -OCH3 is 2. The van der Waals surface area contributed by atoms with E-state index in [0.717, 1.165) is 18.2 Å². The summed E-state index contributed by atoms with van der Waals surface area (Å²) in [5.74, 6) is -1.55. The molecule has 35 heavy (non-hydrogen) atoms. The van der Waals surface area contributed by atoms with Gasteiger partial charge in [-0.15, -0.1) is 0 Å². The number of pyridine rings is 1. The number of hydrogen-bond donors (Lipinski definition) is 2. The summed E-state index contributed by atoms with van der Waals surface area (Å²) >= 11 is 6.35. The van der Waals surface area contributed by atoms with E-state index in [2.05, 4.69) is 15.6 Å². The summed E-state index contributed by atoms with van der Waals surface area (Å²) in [7, 11) is 2.89. The van der Waals surface area contributed by atoms with E-state index in [0.29, 0.717) is 28.5 Å². The molecule has 0 aliphatic rings. The fraction of sp³-hybridized carbons (Fsp3) is 0.0833. The van der Waals surface area contributed by atoms with Crippen molar-refractivity contribution < 1.29 is 32.2 Å². The first-order chi connectivity index (χ1) is 16.8. The molecule has 2 N–H and O–H groups in total. The Morgan fingerprint density at radius 2 is 1.57 bits per heavy atom. The Bertz CT molecular complexity index is 1440. The number of carbonyl (C=O) groups excluding carboxylic acids is 1. The van der Waals surface area contributed by atoms with E-state index < -0.39 is 23.5 Å². The number of anilines is 2. The van der Waals surface area contributed by atoms with Gasteiger partial charge in [0.15, 0.2) is 5.75 Å². The standard InChI is InChI=1S/C24H17ClF3N3O4/c1-33-20-11-18-21(23(34-2)22(20)25)19(7-8-29-18)35-13-4-6-17(15(28)10-13)31-24(32)30-16-5-3-12(26)9-14(16)27/h3-11H,1-2H3,(H2,30,31,32). The third-order valence-corrected chi connectivity index (χ3v) is 5.23. The van der Waals surface area contributed by atoms with Crippen LogP contribution in [-0.4, -0.2) is 25.2 Å². The molecule has 4 aromatic rings. The van der Waals surface area contributed by atoms with E-state index in [1.807, 2.05) is 0 Å². The van der Waals surface area contributed by atoms with Crippen LogP contribution in [0.15, 0.2) is 54.7 Å². The summed E-state index contributed by atoms with van der Waals surface area (Å²) in [5.41, 5.74) is 0.0180. The average Bonchev–Trinajstić information content (AvgIpc) is 2.82. The first-order valence-corrected chi connectivity index (χ1v) is 10.4. The third-order valence-electron chi connectivity index (χ3n) is 4.87. The minimum absolute atomic E-state index is 0.111. The molecule has 0 saturated heterocycles. The molecule has 11 heteroatoms. The van der Waals surface area contributed by atoms with Crippen LogP contribution in [0.5, 0.6) is 23.0 Å². The highest BCUT2D eigenvalue weighted by Crippen LogP contribution is 2.44. The van der Waals surface area contributed by atoms with Crippen molar-refractivity contribution >= 4 is 39.9 Å². The van der Waals surface area contributed by atoms with Crippen molar-refractivity contribution in [2.24, 2.45) is 0 Å². The van der Waals surface area contributed by atoms with Crippen LogP contribution in [0.2, 0.25) is 5.02 Å². The maximum absolute atomic E-state index is 14.7. The SMILES string of the molecule is COc1cc2nccc(Oc3ccc(NC(=O)Nc4ccc(F)cc4F)c(F)c3)c2c(OC)c1Cl. The van der Waals surface area contributed by atoms with Crippen LogP contribution in [0.3, 0.4) is 0 Å². The Morgan fingerprint density at radius 3 is 2.20 bits per heavy atom. The molecule has 0 spiro atoms. The van der Waals surface area contributed by atoms with Crippen LogP contribution in [-0.2, 0) is 0 Å². The summed E-state index contributed by atoms with van der Waals surface area (Å²) in [6, 6.07) is 8.63. The van der Waals surface area contributed by atoms with Gasteiger partial charge >= 0.3 is 6.03 Å². The van der Waals surface area contributed by atoms with Crippen LogP contribution < -0.4 is 24.8 Å². The van der Waals surface area contributed by atoms with Gasteiger partial charge in [-0.25, -0.2) is 18.0 Å². The molecule has 0 aliphatic carbocycles. The molecular weight excluding hydrogens is 487 g/mol. The predicted octanol–water partition coefficient (Wildman–Crippen LogP) is 6.76. The number of urea groups is 1. The van der Waals surface area contributed by atoms with E-state index in [1.54, 1.807) is 12.1 Å². The lowest BCUT2D eigenvalue weighted by Gasteiger charge is -2.15. The number of nitrogens with zero attached hydrogens (tertiary/aromatic N) is 1. The van der Waals surface area contributed by atoms with E-state index in [4.69, 9.17) is 25.8 Å². The molecule has 0 fully saturated rings. The number of hydrogen-bond acceptors (Lipinski definition) is 5. The first-order valence-electron chi connectivity index (χ1n) is 10.0. The lowest BCUT2D eigenvalue weighted by atomic mass is 10.1. The third kappa shape index (κ3) is 5.02. The Balaban J connectivity index is 1.56. The van der Waals surface area contributed by atoms with E-state index in [9.17, 15) is 18.0 Å². The molecule has 0 aliphatic heterocycles. The lowest BCUT2D eigenvalue weighted by Crippen LogP contribution is -2.20. The van der Waals surface area contributed by atoms with Crippen molar-refractivity contribution in [3.8, 4) is 23.0 Å². The van der Waals surface area contributed by atoms with Gasteiger partial charge in [0.25, 0.3) is 0 Å². The molecule has 3 aromatic carbocycles. The van der Waals surface area contributed by atoms with Gasteiger partial charge in [-0.1, -0.05) is 11.6 Å². The molecule has 1 heterocycles. The van der Waals surface area contributed by atoms with Crippen molar-refractivity contribution in [2.45, 2.75) is 0 Å². The van der Waals surface area contributed by atoms with Gasteiger partial charge in [0.05, 0.1) is 36.5 Å². The zero-order valence-electron chi connectivity index (χ0n) is 18.3. The number of halogens is 4. The Hall–Kier alpha value is -4.18. The summed E-state index contributed by atoms with van der Waals surface area (Å²) in [6.45, 7) is 0. The topological polar surface area (TPSA) is 81.7 Å². The van der Waals surface area contributed by atoms with Crippen molar-refractivity contribution in [1.82, 2.24) is 4.98 Å². The number of amides is 2. The molecule has 1 aromatic heterocycles. The van der Waals surface area contributed by atoms with E-state index in [1.165, 1.54) is 32.5 Å². The van der Waals surface area contributed by atoms with Crippen LogP contribution in [0.25, 0.3) is 10.9 Å². The molecule has 180 valence electrons. The van der Waals surface area contributed by atoms with Crippen LogP contribution in [0, 0.1) is 17.5 Å². The fourth-order valence-corrected chi connectivity index (χ4v) is 3.59. The van der Waals surface area contributed by atoms with Crippen LogP contribution >= 0.6 is 11.6 Å². The number of aromatic nitrogens is 1. The molecule has 0 radical (unpaired) electrons. The molecular formula is C24H17ClF3N3O4. The highest BCUT2D eigenvalue weighted by atomic mass is 35.5.